The third kappa shape index (κ3) is 4.07. The van der Waals surface area contributed by atoms with Gasteiger partial charge in [0.2, 0.25) is 10.0 Å². The monoisotopic (exact) mass is 427 g/mol. The zero-order valence-corrected chi connectivity index (χ0v) is 17.1. The molecule has 30 heavy (non-hydrogen) atoms. The van der Waals surface area contributed by atoms with Crippen LogP contribution in [0.3, 0.4) is 0 Å². The molecule has 1 saturated heterocycles. The molecule has 1 aliphatic heterocycles. The summed E-state index contributed by atoms with van der Waals surface area (Å²) < 4.78 is 38.0. The first-order valence-electron chi connectivity index (χ1n) is 9.43. The number of rotatable bonds is 5. The molecule has 0 bridgehead atoms. The summed E-state index contributed by atoms with van der Waals surface area (Å²) in [5.74, 6) is 0.649. The number of carbonyl (C=O) groups is 1. The topological polar surface area (TPSA) is 97.8 Å². The van der Waals surface area contributed by atoms with E-state index in [9.17, 15) is 13.2 Å². The first kappa shape index (κ1) is 20.1. The molecule has 4 rings (SSSR count). The summed E-state index contributed by atoms with van der Waals surface area (Å²) in [6.07, 6.45) is 1.42. The number of anilines is 1. The highest BCUT2D eigenvalue weighted by atomic mass is 32.2. The van der Waals surface area contributed by atoms with E-state index in [4.69, 9.17) is 4.74 Å². The minimum Gasteiger partial charge on any atom is -0.487 e. The number of carbonyl (C=O) groups excluding carboxylic acids is 1. The van der Waals surface area contributed by atoms with Crippen molar-refractivity contribution < 1.29 is 22.7 Å². The van der Waals surface area contributed by atoms with E-state index in [-0.39, 0.29) is 17.5 Å². The van der Waals surface area contributed by atoms with Crippen molar-refractivity contribution in [3.05, 3.63) is 60.8 Å². The normalized spacial score (nSPS) is 17.0. The third-order valence-corrected chi connectivity index (χ3v) is 6.80. The number of pyridine rings is 1. The molecule has 1 aliphatic rings. The van der Waals surface area contributed by atoms with Crippen LogP contribution in [0.5, 0.6) is 5.75 Å². The van der Waals surface area contributed by atoms with E-state index in [0.717, 1.165) is 10.9 Å². The molecule has 0 saturated carbocycles. The van der Waals surface area contributed by atoms with E-state index in [1.54, 1.807) is 6.20 Å². The molecule has 0 radical (unpaired) electrons. The summed E-state index contributed by atoms with van der Waals surface area (Å²) in [5.41, 5.74) is 1.21. The van der Waals surface area contributed by atoms with Crippen LogP contribution in [-0.4, -0.2) is 50.1 Å². The largest absolute Gasteiger partial charge is 0.487 e. The third-order valence-electron chi connectivity index (χ3n) is 4.92. The first-order chi connectivity index (χ1) is 14.5. The van der Waals surface area contributed by atoms with Gasteiger partial charge in [0.25, 0.3) is 0 Å². The molecule has 1 fully saturated rings. The second-order valence-electron chi connectivity index (χ2n) is 6.86. The molecule has 9 heteroatoms. The van der Waals surface area contributed by atoms with Gasteiger partial charge in [0.15, 0.2) is 0 Å². The van der Waals surface area contributed by atoms with Gasteiger partial charge in [0.05, 0.1) is 18.6 Å². The Morgan fingerprint density at radius 3 is 2.67 bits per heavy atom. The van der Waals surface area contributed by atoms with Gasteiger partial charge < -0.3 is 9.47 Å². The van der Waals surface area contributed by atoms with Gasteiger partial charge in [-0.1, -0.05) is 18.2 Å². The fourth-order valence-corrected chi connectivity index (χ4v) is 4.88. The van der Waals surface area contributed by atoms with Gasteiger partial charge in [-0.3, -0.25) is 10.3 Å². The predicted molar refractivity (Wildman–Crippen MR) is 112 cm³/mol. The molecule has 1 unspecified atom stereocenters. The number of para-hydroxylation sites is 1. The summed E-state index contributed by atoms with van der Waals surface area (Å²) in [4.78, 5) is 15.8. The Hall–Kier alpha value is -3.17. The van der Waals surface area contributed by atoms with Crippen LogP contribution in [0.1, 0.15) is 6.42 Å². The minimum absolute atomic E-state index is 0.158. The second kappa shape index (κ2) is 8.29. The number of benzene rings is 2. The molecule has 3 aromatic rings. The van der Waals surface area contributed by atoms with Crippen molar-refractivity contribution in [2.24, 2.45) is 0 Å². The maximum atomic E-state index is 13.0. The molecule has 0 spiro atoms. The summed E-state index contributed by atoms with van der Waals surface area (Å²) in [5, 5.41) is 3.46. The van der Waals surface area contributed by atoms with Crippen molar-refractivity contribution in [2.45, 2.75) is 17.4 Å². The van der Waals surface area contributed by atoms with Gasteiger partial charge in [-0.05, 0) is 42.8 Å². The van der Waals surface area contributed by atoms with Crippen LogP contribution in [0.4, 0.5) is 10.5 Å². The SMILES string of the molecule is COC(=O)Nc1ccc(S(=O)(=O)N2CCC(Oc3cccc4cccnc34)C2)cc1. The Morgan fingerprint density at radius 1 is 1.13 bits per heavy atom. The molecular formula is C21H21N3O5S. The van der Waals surface area contributed by atoms with Crippen molar-refractivity contribution in [3.8, 4) is 5.75 Å². The Kier molecular flexibility index (Phi) is 5.56. The quantitative estimate of drug-likeness (QED) is 0.671. The van der Waals surface area contributed by atoms with E-state index in [0.29, 0.717) is 24.4 Å². The van der Waals surface area contributed by atoms with Gasteiger partial charge in [0.1, 0.15) is 17.4 Å². The first-order valence-corrected chi connectivity index (χ1v) is 10.9. The number of fused-ring (bicyclic) bond motifs is 1. The summed E-state index contributed by atoms with van der Waals surface area (Å²) in [6, 6.07) is 15.5. The van der Waals surface area contributed by atoms with Gasteiger partial charge >= 0.3 is 6.09 Å². The summed E-state index contributed by atoms with van der Waals surface area (Å²) in [6.45, 7) is 0.626. The number of amides is 1. The zero-order chi connectivity index (χ0) is 21.1. The lowest BCUT2D eigenvalue weighted by atomic mass is 10.2. The van der Waals surface area contributed by atoms with E-state index in [2.05, 4.69) is 15.0 Å². The Balaban J connectivity index is 1.46. The van der Waals surface area contributed by atoms with Crippen LogP contribution in [0.2, 0.25) is 0 Å². The lowest BCUT2D eigenvalue weighted by Gasteiger charge is -2.18. The number of hydrogen-bond acceptors (Lipinski definition) is 6. The molecule has 8 nitrogen and oxygen atoms in total. The smallest absolute Gasteiger partial charge is 0.411 e. The lowest BCUT2D eigenvalue weighted by molar-refractivity contribution is 0.187. The summed E-state index contributed by atoms with van der Waals surface area (Å²) >= 11 is 0. The average molecular weight is 427 g/mol. The maximum Gasteiger partial charge on any atom is 0.411 e. The highest BCUT2D eigenvalue weighted by Gasteiger charge is 2.34. The molecule has 1 amide bonds. The molecule has 0 aliphatic carbocycles. The minimum atomic E-state index is -3.66. The molecule has 1 aromatic heterocycles. The molecule has 2 heterocycles. The van der Waals surface area contributed by atoms with Crippen molar-refractivity contribution in [1.29, 1.82) is 0 Å². The van der Waals surface area contributed by atoms with Crippen molar-refractivity contribution >= 4 is 32.7 Å². The van der Waals surface area contributed by atoms with Crippen LogP contribution >= 0.6 is 0 Å². The van der Waals surface area contributed by atoms with Crippen molar-refractivity contribution in [3.63, 3.8) is 0 Å². The van der Waals surface area contributed by atoms with E-state index >= 15 is 0 Å². The predicted octanol–water partition coefficient (Wildman–Crippen LogP) is 3.26. The fourth-order valence-electron chi connectivity index (χ4n) is 3.39. The van der Waals surface area contributed by atoms with Gasteiger partial charge in [-0.2, -0.15) is 4.31 Å². The maximum absolute atomic E-state index is 13.0. The van der Waals surface area contributed by atoms with Gasteiger partial charge in [-0.15, -0.1) is 0 Å². The Morgan fingerprint density at radius 2 is 1.90 bits per heavy atom. The fraction of sp³-hybridized carbons (Fsp3) is 0.238. The molecule has 1 N–H and O–H groups in total. The lowest BCUT2D eigenvalue weighted by Crippen LogP contribution is -2.31. The number of sulfonamides is 1. The number of ether oxygens (including phenoxy) is 2. The van der Waals surface area contributed by atoms with Crippen LogP contribution in [0, 0.1) is 0 Å². The van der Waals surface area contributed by atoms with Crippen LogP contribution < -0.4 is 10.1 Å². The summed E-state index contributed by atoms with van der Waals surface area (Å²) in [7, 11) is -2.41. The van der Waals surface area contributed by atoms with Crippen LogP contribution in [0.15, 0.2) is 65.7 Å². The second-order valence-corrected chi connectivity index (χ2v) is 8.80. The highest BCUT2D eigenvalue weighted by Crippen LogP contribution is 2.28. The number of aromatic nitrogens is 1. The molecule has 156 valence electrons. The van der Waals surface area contributed by atoms with E-state index in [1.807, 2.05) is 30.3 Å². The molecule has 2 aromatic carbocycles. The standard InChI is InChI=1S/C21H21N3O5S/c1-28-21(25)23-16-7-9-18(10-8-16)30(26,27)24-13-11-17(14-24)29-19-6-2-4-15-5-3-12-22-20(15)19/h2-10,12,17H,11,13-14H2,1H3,(H,23,25). The molecular weight excluding hydrogens is 406 g/mol. The zero-order valence-electron chi connectivity index (χ0n) is 16.3. The number of nitrogens with one attached hydrogen (secondary N) is 1. The highest BCUT2D eigenvalue weighted by molar-refractivity contribution is 7.89. The van der Waals surface area contributed by atoms with Crippen molar-refractivity contribution in [2.75, 3.05) is 25.5 Å². The van der Waals surface area contributed by atoms with Crippen LogP contribution in [0.25, 0.3) is 10.9 Å². The van der Waals surface area contributed by atoms with Crippen LogP contribution in [-0.2, 0) is 14.8 Å². The van der Waals surface area contributed by atoms with E-state index < -0.39 is 16.1 Å². The number of hydrogen-bond donors (Lipinski definition) is 1. The van der Waals surface area contributed by atoms with Crippen molar-refractivity contribution in [1.82, 2.24) is 9.29 Å². The number of methoxy groups -OCH3 is 1. The Bertz CT molecular complexity index is 1160. The average Bonchev–Trinajstić information content (AvgIpc) is 3.24. The Labute approximate surface area is 174 Å². The van der Waals surface area contributed by atoms with Gasteiger partial charge in [0, 0.05) is 23.8 Å². The van der Waals surface area contributed by atoms with E-state index in [1.165, 1.54) is 35.7 Å². The van der Waals surface area contributed by atoms with Gasteiger partial charge in [-0.25, -0.2) is 13.2 Å². The number of nitrogens with zero attached hydrogens (tertiary/aromatic N) is 2. The molecule has 1 atom stereocenters.